The summed E-state index contributed by atoms with van der Waals surface area (Å²) in [6.07, 6.45) is 2.62. The first-order chi connectivity index (χ1) is 8.81. The number of hydrazine groups is 1. The lowest BCUT2D eigenvalue weighted by molar-refractivity contribution is 0.0494. The van der Waals surface area contributed by atoms with E-state index in [0.717, 1.165) is 55.4 Å². The number of morpholine rings is 1. The first-order valence-corrected chi connectivity index (χ1v) is 6.94. The van der Waals surface area contributed by atoms with Crippen molar-refractivity contribution < 1.29 is 4.74 Å². The highest BCUT2D eigenvalue weighted by Crippen LogP contribution is 2.26. The molecule has 7 heteroatoms. The summed E-state index contributed by atoms with van der Waals surface area (Å²) in [5.41, 5.74) is 3.28. The number of hydrogen-bond acceptors (Lipinski definition) is 6. The van der Waals surface area contributed by atoms with E-state index in [9.17, 15) is 0 Å². The van der Waals surface area contributed by atoms with Crippen LogP contribution in [0.2, 0.25) is 0 Å². The van der Waals surface area contributed by atoms with Crippen LogP contribution >= 0.6 is 15.9 Å². The third-order valence-corrected chi connectivity index (χ3v) is 3.36. The zero-order valence-electron chi connectivity index (χ0n) is 10.4. The molecule has 1 aliphatic rings. The summed E-state index contributed by atoms with van der Waals surface area (Å²) in [6.45, 7) is 6.22. The number of rotatable bonds is 5. The van der Waals surface area contributed by atoms with Crippen LogP contribution in [0.4, 0.5) is 11.6 Å². The van der Waals surface area contributed by atoms with E-state index < -0.39 is 0 Å². The number of anilines is 2. The molecule has 1 saturated heterocycles. The fourth-order valence-electron chi connectivity index (χ4n) is 1.64. The first-order valence-electron chi connectivity index (χ1n) is 6.15. The molecule has 1 fully saturated rings. The van der Waals surface area contributed by atoms with Gasteiger partial charge in [-0.2, -0.15) is 0 Å². The van der Waals surface area contributed by atoms with Crippen molar-refractivity contribution in [2.45, 2.75) is 13.3 Å². The number of nitrogens with one attached hydrogen (secondary N) is 2. The fraction of sp³-hybridized carbons (Fsp3) is 0.636. The van der Waals surface area contributed by atoms with Crippen molar-refractivity contribution in [3.63, 3.8) is 0 Å². The van der Waals surface area contributed by atoms with E-state index in [0.29, 0.717) is 0 Å². The van der Waals surface area contributed by atoms with Crippen LogP contribution in [0.25, 0.3) is 0 Å². The van der Waals surface area contributed by atoms with Gasteiger partial charge in [0.05, 0.1) is 13.2 Å². The van der Waals surface area contributed by atoms with E-state index in [1.165, 1.54) is 0 Å². The highest BCUT2D eigenvalue weighted by Gasteiger charge is 2.14. The maximum absolute atomic E-state index is 5.31. The minimum atomic E-state index is 0.747. The van der Waals surface area contributed by atoms with Crippen molar-refractivity contribution in [2.75, 3.05) is 43.6 Å². The molecule has 1 aromatic rings. The maximum Gasteiger partial charge on any atom is 0.160 e. The van der Waals surface area contributed by atoms with E-state index in [1.54, 1.807) is 6.33 Å². The third-order valence-electron chi connectivity index (χ3n) is 2.61. The Morgan fingerprint density at radius 1 is 1.33 bits per heavy atom. The molecule has 1 aliphatic heterocycles. The average molecular weight is 316 g/mol. The molecule has 2 rings (SSSR count). The fourth-order valence-corrected chi connectivity index (χ4v) is 2.07. The van der Waals surface area contributed by atoms with Crippen LogP contribution in [0, 0.1) is 0 Å². The number of ether oxygens (including phenoxy) is 1. The molecule has 0 radical (unpaired) electrons. The zero-order chi connectivity index (χ0) is 12.8. The largest absolute Gasteiger partial charge is 0.379 e. The maximum atomic E-state index is 5.31. The normalized spacial score (nSPS) is 16.6. The number of aromatic nitrogens is 2. The Morgan fingerprint density at radius 2 is 2.06 bits per heavy atom. The monoisotopic (exact) mass is 315 g/mol. The van der Waals surface area contributed by atoms with E-state index >= 15 is 0 Å². The van der Waals surface area contributed by atoms with Crippen molar-refractivity contribution in [3.05, 3.63) is 10.8 Å². The van der Waals surface area contributed by atoms with Crippen molar-refractivity contribution >= 4 is 27.6 Å². The minimum absolute atomic E-state index is 0.747. The van der Waals surface area contributed by atoms with Crippen LogP contribution in [0.5, 0.6) is 0 Å². The molecule has 2 heterocycles. The summed E-state index contributed by atoms with van der Waals surface area (Å²) in [5.74, 6) is 1.60. The predicted molar refractivity (Wildman–Crippen MR) is 74.5 cm³/mol. The average Bonchev–Trinajstić information content (AvgIpc) is 2.41. The molecule has 0 bridgehead atoms. The molecule has 100 valence electrons. The minimum Gasteiger partial charge on any atom is -0.379 e. The van der Waals surface area contributed by atoms with Gasteiger partial charge in [-0.05, 0) is 22.4 Å². The van der Waals surface area contributed by atoms with Crippen molar-refractivity contribution in [2.24, 2.45) is 0 Å². The topological polar surface area (TPSA) is 62.3 Å². The Labute approximate surface area is 115 Å². The van der Waals surface area contributed by atoms with Gasteiger partial charge in [0.25, 0.3) is 0 Å². The molecular weight excluding hydrogens is 298 g/mol. The highest BCUT2D eigenvalue weighted by atomic mass is 79.9. The molecule has 2 N–H and O–H groups in total. The van der Waals surface area contributed by atoms with Crippen LogP contribution in [0.1, 0.15) is 13.3 Å². The van der Waals surface area contributed by atoms with Crippen molar-refractivity contribution in [3.8, 4) is 0 Å². The second kappa shape index (κ2) is 6.86. The standard InChI is InChI=1S/C11H18BrN5O/c1-2-3-13-10-9(12)11(15-8-14-10)16-17-4-6-18-7-5-17/h8H,2-7H2,1H3,(H2,13,14,15,16). The van der Waals surface area contributed by atoms with Gasteiger partial charge >= 0.3 is 0 Å². The van der Waals surface area contributed by atoms with Gasteiger partial charge in [-0.15, -0.1) is 0 Å². The molecule has 1 aromatic heterocycles. The number of hydrogen-bond donors (Lipinski definition) is 2. The van der Waals surface area contributed by atoms with E-state index in [4.69, 9.17) is 4.74 Å². The van der Waals surface area contributed by atoms with Gasteiger partial charge < -0.3 is 15.5 Å². The molecule has 0 aliphatic carbocycles. The van der Waals surface area contributed by atoms with Gasteiger partial charge in [0.2, 0.25) is 0 Å². The number of nitrogens with zero attached hydrogens (tertiary/aromatic N) is 3. The van der Waals surface area contributed by atoms with Crippen LogP contribution < -0.4 is 10.7 Å². The molecule has 0 unspecified atom stereocenters. The van der Waals surface area contributed by atoms with Crippen LogP contribution in [0.3, 0.4) is 0 Å². The van der Waals surface area contributed by atoms with Crippen LogP contribution in [-0.4, -0.2) is 47.8 Å². The van der Waals surface area contributed by atoms with Crippen molar-refractivity contribution in [1.29, 1.82) is 0 Å². The summed E-state index contributed by atoms with van der Waals surface area (Å²) in [4.78, 5) is 8.47. The van der Waals surface area contributed by atoms with Gasteiger partial charge in [0.1, 0.15) is 16.6 Å². The smallest absolute Gasteiger partial charge is 0.160 e. The molecule has 0 atom stereocenters. The van der Waals surface area contributed by atoms with E-state index in [1.807, 2.05) is 0 Å². The quantitative estimate of drug-likeness (QED) is 0.862. The Balaban J connectivity index is 2.02. The second-order valence-electron chi connectivity index (χ2n) is 4.02. The zero-order valence-corrected chi connectivity index (χ0v) is 12.0. The lowest BCUT2D eigenvalue weighted by atomic mass is 10.4. The van der Waals surface area contributed by atoms with Crippen molar-refractivity contribution in [1.82, 2.24) is 15.0 Å². The predicted octanol–water partition coefficient (Wildman–Crippen LogP) is 1.72. The highest BCUT2D eigenvalue weighted by molar-refractivity contribution is 9.10. The molecule has 6 nitrogen and oxygen atoms in total. The first kappa shape index (κ1) is 13.5. The van der Waals surface area contributed by atoms with Gasteiger partial charge in [-0.1, -0.05) is 6.92 Å². The lowest BCUT2D eigenvalue weighted by Gasteiger charge is -2.27. The second-order valence-corrected chi connectivity index (χ2v) is 4.82. The Kier molecular flexibility index (Phi) is 5.15. The van der Waals surface area contributed by atoms with E-state index in [2.05, 4.69) is 48.6 Å². The Hall–Kier alpha value is -0.920. The molecule has 0 saturated carbocycles. The molecule has 0 aromatic carbocycles. The molecule has 18 heavy (non-hydrogen) atoms. The summed E-state index contributed by atoms with van der Waals surface area (Å²) in [7, 11) is 0. The van der Waals surface area contributed by atoms with Crippen LogP contribution in [-0.2, 0) is 4.74 Å². The number of halogens is 1. The summed E-state index contributed by atoms with van der Waals surface area (Å²) in [6, 6.07) is 0. The summed E-state index contributed by atoms with van der Waals surface area (Å²) in [5, 5.41) is 5.36. The third kappa shape index (κ3) is 3.54. The molecular formula is C11H18BrN5O. The van der Waals surface area contributed by atoms with Gasteiger partial charge in [0, 0.05) is 19.6 Å². The van der Waals surface area contributed by atoms with Gasteiger partial charge in [0.15, 0.2) is 5.82 Å². The SMILES string of the molecule is CCCNc1ncnc(NN2CCOCC2)c1Br. The van der Waals surface area contributed by atoms with Gasteiger partial charge in [-0.25, -0.2) is 15.0 Å². The van der Waals surface area contributed by atoms with Crippen LogP contribution in [0.15, 0.2) is 10.8 Å². The Bertz CT molecular complexity index is 384. The lowest BCUT2D eigenvalue weighted by Crippen LogP contribution is -2.40. The van der Waals surface area contributed by atoms with Gasteiger partial charge in [-0.3, -0.25) is 0 Å². The Morgan fingerprint density at radius 3 is 2.78 bits per heavy atom. The summed E-state index contributed by atoms with van der Waals surface area (Å²) < 4.78 is 6.17. The summed E-state index contributed by atoms with van der Waals surface area (Å²) >= 11 is 3.53. The molecule has 0 amide bonds. The van der Waals surface area contributed by atoms with E-state index in [-0.39, 0.29) is 0 Å². The molecule has 0 spiro atoms.